The van der Waals surface area contributed by atoms with E-state index in [0.717, 1.165) is 6.54 Å². The molecule has 0 fully saturated rings. The maximum Gasteiger partial charge on any atom is 0.213 e. The molecule has 0 radical (unpaired) electrons. The number of nitrogens with one attached hydrogen (secondary N) is 1. The molecule has 0 spiro atoms. The lowest BCUT2D eigenvalue weighted by molar-refractivity contribution is 0.408. The van der Waals surface area contributed by atoms with Crippen molar-refractivity contribution in [1.82, 2.24) is 20.0 Å². The predicted octanol–water partition coefficient (Wildman–Crippen LogP) is 2.96. The van der Waals surface area contributed by atoms with E-state index in [9.17, 15) is 0 Å². The lowest BCUT2D eigenvalue weighted by Gasteiger charge is -2.20. The van der Waals surface area contributed by atoms with Crippen LogP contribution in [0.15, 0.2) is 41.4 Å². The second-order valence-corrected chi connectivity index (χ2v) is 6.29. The predicted molar refractivity (Wildman–Crippen MR) is 81.9 cm³/mol. The Hall–Kier alpha value is -2.14. The van der Waals surface area contributed by atoms with Crippen LogP contribution >= 0.6 is 0 Å². The van der Waals surface area contributed by atoms with E-state index in [0.29, 0.717) is 12.4 Å². The molecule has 5 nitrogen and oxygen atoms in total. The quantitative estimate of drug-likeness (QED) is 0.800. The van der Waals surface area contributed by atoms with E-state index in [1.165, 1.54) is 22.9 Å². The van der Waals surface area contributed by atoms with Crippen LogP contribution in [0.5, 0.6) is 0 Å². The van der Waals surface area contributed by atoms with Gasteiger partial charge in [0.05, 0.1) is 6.54 Å². The van der Waals surface area contributed by atoms with Crippen molar-refractivity contribution < 1.29 is 4.52 Å². The van der Waals surface area contributed by atoms with Crippen molar-refractivity contribution in [3.63, 3.8) is 0 Å². The number of benzene rings is 1. The number of hydrogen-bond acceptors (Lipinski definition) is 4. The monoisotopic (exact) mass is 284 g/mol. The number of hydrogen-bond donors (Lipinski definition) is 1. The van der Waals surface area contributed by atoms with Crippen molar-refractivity contribution >= 4 is 10.9 Å². The van der Waals surface area contributed by atoms with E-state index in [2.05, 4.69) is 71.3 Å². The number of rotatable bonds is 4. The molecule has 0 aliphatic heterocycles. The summed E-state index contributed by atoms with van der Waals surface area (Å²) in [7, 11) is 0. The first kappa shape index (κ1) is 13.8. The van der Waals surface area contributed by atoms with Crippen LogP contribution in [0.4, 0.5) is 0 Å². The van der Waals surface area contributed by atoms with Gasteiger partial charge in [0.1, 0.15) is 0 Å². The Morgan fingerprint density at radius 1 is 1.24 bits per heavy atom. The maximum atomic E-state index is 4.78. The highest BCUT2D eigenvalue weighted by Crippen LogP contribution is 2.19. The van der Waals surface area contributed by atoms with E-state index in [1.807, 2.05) is 0 Å². The Kier molecular flexibility index (Phi) is 3.51. The third-order valence-electron chi connectivity index (χ3n) is 3.38. The molecule has 0 unspecified atom stereocenters. The van der Waals surface area contributed by atoms with Crippen molar-refractivity contribution in [3.05, 3.63) is 48.2 Å². The maximum absolute atomic E-state index is 4.78. The number of aromatic nitrogens is 3. The van der Waals surface area contributed by atoms with E-state index in [-0.39, 0.29) is 5.54 Å². The summed E-state index contributed by atoms with van der Waals surface area (Å²) in [6.07, 6.45) is 3.42. The number of nitrogens with zero attached hydrogens (tertiary/aromatic N) is 3. The number of fused-ring (bicyclic) bond motifs is 1. The van der Waals surface area contributed by atoms with Crippen LogP contribution in [-0.4, -0.2) is 20.2 Å². The zero-order chi connectivity index (χ0) is 14.9. The lowest BCUT2D eigenvalue weighted by Crippen LogP contribution is -2.35. The normalized spacial score (nSPS) is 12.1. The molecule has 0 aliphatic rings. The highest BCUT2D eigenvalue weighted by molar-refractivity contribution is 5.80. The summed E-state index contributed by atoms with van der Waals surface area (Å²) in [5, 5.41) is 8.59. The standard InChI is InChI=1S/C16H20N4O/c1-16(2,3)18-9-12-4-5-14-13(8-12)6-7-20(14)10-15-17-11-21-19-15/h4-8,11,18H,9-10H2,1-3H3. The minimum Gasteiger partial charge on any atom is -0.343 e. The molecular formula is C16H20N4O. The van der Waals surface area contributed by atoms with Crippen molar-refractivity contribution in [1.29, 1.82) is 0 Å². The summed E-state index contributed by atoms with van der Waals surface area (Å²) in [5.74, 6) is 0.686. The summed E-state index contributed by atoms with van der Waals surface area (Å²) in [4.78, 5) is 4.06. The summed E-state index contributed by atoms with van der Waals surface area (Å²) >= 11 is 0. The van der Waals surface area contributed by atoms with Crippen LogP contribution in [0.25, 0.3) is 10.9 Å². The molecule has 0 saturated carbocycles. The zero-order valence-electron chi connectivity index (χ0n) is 12.6. The molecule has 0 bridgehead atoms. The molecule has 0 aliphatic carbocycles. The molecule has 2 heterocycles. The van der Waals surface area contributed by atoms with Gasteiger partial charge in [-0.1, -0.05) is 11.2 Å². The molecule has 1 N–H and O–H groups in total. The molecular weight excluding hydrogens is 264 g/mol. The molecule has 3 rings (SSSR count). The first-order chi connectivity index (χ1) is 10.0. The largest absolute Gasteiger partial charge is 0.343 e. The van der Waals surface area contributed by atoms with Gasteiger partial charge in [-0.2, -0.15) is 4.98 Å². The summed E-state index contributed by atoms with van der Waals surface area (Å²) in [6, 6.07) is 8.65. The molecule has 1 aromatic carbocycles. The molecule has 21 heavy (non-hydrogen) atoms. The van der Waals surface area contributed by atoms with Crippen LogP contribution in [-0.2, 0) is 13.1 Å². The molecule has 0 atom stereocenters. The van der Waals surface area contributed by atoms with Gasteiger partial charge in [-0.3, -0.25) is 0 Å². The molecule has 3 aromatic rings. The Morgan fingerprint density at radius 2 is 2.10 bits per heavy atom. The fourth-order valence-corrected chi connectivity index (χ4v) is 2.28. The van der Waals surface area contributed by atoms with Gasteiger partial charge < -0.3 is 14.4 Å². The van der Waals surface area contributed by atoms with Crippen LogP contribution in [0.1, 0.15) is 32.2 Å². The minimum absolute atomic E-state index is 0.125. The van der Waals surface area contributed by atoms with E-state index in [4.69, 9.17) is 4.52 Å². The highest BCUT2D eigenvalue weighted by atomic mass is 16.5. The fourth-order valence-electron chi connectivity index (χ4n) is 2.28. The molecule has 0 amide bonds. The van der Waals surface area contributed by atoms with E-state index >= 15 is 0 Å². The van der Waals surface area contributed by atoms with Crippen LogP contribution < -0.4 is 5.32 Å². The first-order valence-corrected chi connectivity index (χ1v) is 7.09. The second-order valence-electron chi connectivity index (χ2n) is 6.29. The van der Waals surface area contributed by atoms with Gasteiger partial charge in [-0.15, -0.1) is 0 Å². The Balaban J connectivity index is 1.80. The van der Waals surface area contributed by atoms with Gasteiger partial charge in [0.15, 0.2) is 5.82 Å². The van der Waals surface area contributed by atoms with Crippen molar-refractivity contribution in [2.24, 2.45) is 0 Å². The third kappa shape index (κ3) is 3.31. The van der Waals surface area contributed by atoms with Crippen LogP contribution in [0.3, 0.4) is 0 Å². The van der Waals surface area contributed by atoms with Gasteiger partial charge in [0, 0.05) is 23.8 Å². The SMILES string of the molecule is CC(C)(C)NCc1ccc2c(ccn2Cc2ncon2)c1. The zero-order valence-corrected chi connectivity index (χ0v) is 12.6. The third-order valence-corrected chi connectivity index (χ3v) is 3.38. The van der Waals surface area contributed by atoms with Crippen molar-refractivity contribution in [3.8, 4) is 0 Å². The molecule has 0 saturated heterocycles. The Bertz CT molecular complexity index is 722. The van der Waals surface area contributed by atoms with Gasteiger partial charge in [-0.05, 0) is 49.9 Å². The topological polar surface area (TPSA) is 55.9 Å². The van der Waals surface area contributed by atoms with E-state index < -0.39 is 0 Å². The minimum atomic E-state index is 0.125. The summed E-state index contributed by atoms with van der Waals surface area (Å²) in [6.45, 7) is 8.02. The van der Waals surface area contributed by atoms with Gasteiger partial charge >= 0.3 is 0 Å². The lowest BCUT2D eigenvalue weighted by atomic mass is 10.1. The fraction of sp³-hybridized carbons (Fsp3) is 0.375. The average molecular weight is 284 g/mol. The van der Waals surface area contributed by atoms with Crippen molar-refractivity contribution in [2.75, 3.05) is 0 Å². The highest BCUT2D eigenvalue weighted by Gasteiger charge is 2.09. The first-order valence-electron chi connectivity index (χ1n) is 7.09. The Morgan fingerprint density at radius 3 is 2.81 bits per heavy atom. The van der Waals surface area contributed by atoms with Crippen molar-refractivity contribution in [2.45, 2.75) is 39.4 Å². The summed E-state index contributed by atoms with van der Waals surface area (Å²) in [5.41, 5.74) is 2.59. The van der Waals surface area contributed by atoms with Gasteiger partial charge in [0.25, 0.3) is 0 Å². The molecule has 2 aromatic heterocycles. The van der Waals surface area contributed by atoms with Crippen LogP contribution in [0, 0.1) is 0 Å². The second kappa shape index (κ2) is 5.33. The average Bonchev–Trinajstić information content (AvgIpc) is 3.06. The van der Waals surface area contributed by atoms with Gasteiger partial charge in [0.2, 0.25) is 6.39 Å². The Labute approximate surface area is 124 Å². The van der Waals surface area contributed by atoms with Gasteiger partial charge in [-0.25, -0.2) is 0 Å². The van der Waals surface area contributed by atoms with E-state index in [1.54, 1.807) is 0 Å². The smallest absolute Gasteiger partial charge is 0.213 e. The van der Waals surface area contributed by atoms with Crippen LogP contribution in [0.2, 0.25) is 0 Å². The summed E-state index contributed by atoms with van der Waals surface area (Å²) < 4.78 is 6.90. The molecule has 5 heteroatoms. The molecule has 110 valence electrons.